The molecule has 0 rings (SSSR count). The highest BCUT2D eigenvalue weighted by atomic mass is 127. The van der Waals surface area contributed by atoms with Gasteiger partial charge in [0.05, 0.1) is 0 Å². The van der Waals surface area contributed by atoms with Crippen molar-refractivity contribution in [2.24, 2.45) is 0 Å². The molecule has 0 bridgehead atoms. The molecular weight excluding hydrogens is 409 g/mol. The smallest absolute Gasteiger partial charge is 0.426 e. The van der Waals surface area contributed by atoms with E-state index in [-0.39, 0.29) is 0 Å². The van der Waals surface area contributed by atoms with E-state index in [1.165, 1.54) is 0 Å². The molecule has 0 fully saturated rings. The van der Waals surface area contributed by atoms with Crippen molar-refractivity contribution in [3.8, 4) is 0 Å². The number of aliphatic hydroxyl groups is 1. The first-order valence-corrected chi connectivity index (χ1v) is 6.71. The normalized spacial score (nSPS) is 16.7. The fourth-order valence-corrected chi connectivity index (χ4v) is 1.44. The van der Waals surface area contributed by atoms with Gasteiger partial charge in [-0.25, -0.2) is 0 Å². The summed E-state index contributed by atoms with van der Waals surface area (Å²) in [4.78, 5) is 11.3. The number of carbonyl (C=O) groups is 1. The van der Waals surface area contributed by atoms with Crippen LogP contribution in [0.3, 0.4) is 0 Å². The SMILES string of the molecule is CCC(I)C(=O)OC(C)CC(O)(C(F)(F)F)C(F)(F)F. The molecule has 2 atom stereocenters. The molecule has 0 saturated carbocycles. The molecule has 0 aliphatic heterocycles. The van der Waals surface area contributed by atoms with Gasteiger partial charge in [0.15, 0.2) is 0 Å². The third-order valence-corrected chi connectivity index (χ3v) is 3.84. The van der Waals surface area contributed by atoms with Crippen LogP contribution in [0.15, 0.2) is 0 Å². The van der Waals surface area contributed by atoms with Crippen LogP contribution in [-0.2, 0) is 9.53 Å². The number of hydrogen-bond donors (Lipinski definition) is 1. The number of alkyl halides is 7. The summed E-state index contributed by atoms with van der Waals surface area (Å²) in [7, 11) is 0. The monoisotopic (exact) mass is 422 g/mol. The average molecular weight is 422 g/mol. The van der Waals surface area contributed by atoms with E-state index in [1.807, 2.05) is 0 Å². The summed E-state index contributed by atoms with van der Waals surface area (Å²) in [5.74, 6) is -0.924. The first kappa shape index (κ1) is 19.7. The molecule has 120 valence electrons. The van der Waals surface area contributed by atoms with Crippen molar-refractivity contribution in [1.82, 2.24) is 0 Å². The summed E-state index contributed by atoms with van der Waals surface area (Å²) in [6.07, 6.45) is -15.1. The van der Waals surface area contributed by atoms with E-state index in [2.05, 4.69) is 4.74 Å². The quantitative estimate of drug-likeness (QED) is 0.320. The molecule has 2 unspecified atom stereocenters. The zero-order valence-corrected chi connectivity index (χ0v) is 12.6. The van der Waals surface area contributed by atoms with Crippen LogP contribution in [0.25, 0.3) is 0 Å². The summed E-state index contributed by atoms with van der Waals surface area (Å²) in [6, 6.07) is 0. The summed E-state index contributed by atoms with van der Waals surface area (Å²) >= 11 is 1.65. The third-order valence-electron chi connectivity index (χ3n) is 2.45. The summed E-state index contributed by atoms with van der Waals surface area (Å²) in [5.41, 5.74) is -4.91. The van der Waals surface area contributed by atoms with E-state index < -0.39 is 40.4 Å². The lowest BCUT2D eigenvalue weighted by atomic mass is 9.95. The van der Waals surface area contributed by atoms with Crippen LogP contribution in [0, 0.1) is 0 Å². The lowest BCUT2D eigenvalue weighted by Gasteiger charge is -2.34. The zero-order chi connectivity index (χ0) is 16.4. The Morgan fingerprint density at radius 3 is 1.90 bits per heavy atom. The minimum absolute atomic E-state index is 0.314. The number of carbonyl (C=O) groups excluding carboxylic acids is 1. The van der Waals surface area contributed by atoms with Gasteiger partial charge in [0.2, 0.25) is 0 Å². The van der Waals surface area contributed by atoms with Gasteiger partial charge in [0.1, 0.15) is 10.0 Å². The molecule has 0 saturated heterocycles. The van der Waals surface area contributed by atoms with Gasteiger partial charge in [-0.3, -0.25) is 4.79 Å². The van der Waals surface area contributed by atoms with Crippen LogP contribution in [0.1, 0.15) is 26.7 Å². The van der Waals surface area contributed by atoms with Crippen LogP contribution >= 0.6 is 22.6 Å². The molecule has 3 nitrogen and oxygen atoms in total. The van der Waals surface area contributed by atoms with Crippen molar-refractivity contribution in [3.05, 3.63) is 0 Å². The molecule has 0 aliphatic carbocycles. The first-order valence-electron chi connectivity index (χ1n) is 5.46. The Balaban J connectivity index is 5.00. The van der Waals surface area contributed by atoms with Crippen LogP contribution in [-0.4, -0.2) is 39.1 Å². The highest BCUT2D eigenvalue weighted by Crippen LogP contribution is 2.46. The van der Waals surface area contributed by atoms with Crippen molar-refractivity contribution < 1.29 is 41.0 Å². The van der Waals surface area contributed by atoms with E-state index in [0.717, 1.165) is 6.92 Å². The van der Waals surface area contributed by atoms with Gasteiger partial charge in [-0.1, -0.05) is 29.5 Å². The highest BCUT2D eigenvalue weighted by Gasteiger charge is 2.70. The molecule has 0 aromatic carbocycles. The topological polar surface area (TPSA) is 46.5 Å². The van der Waals surface area contributed by atoms with Crippen LogP contribution in [0.2, 0.25) is 0 Å². The minimum Gasteiger partial charge on any atom is -0.462 e. The highest BCUT2D eigenvalue weighted by molar-refractivity contribution is 14.1. The summed E-state index contributed by atoms with van der Waals surface area (Å²) < 4.78 is 78.3. The van der Waals surface area contributed by atoms with Crippen LogP contribution in [0.5, 0.6) is 0 Å². The molecule has 1 N–H and O–H groups in total. The van der Waals surface area contributed by atoms with Crippen LogP contribution < -0.4 is 0 Å². The van der Waals surface area contributed by atoms with Gasteiger partial charge >= 0.3 is 18.3 Å². The molecule has 0 spiro atoms. The maximum atomic E-state index is 12.4. The molecule has 0 aromatic rings. The Bertz CT molecular complexity index is 327. The Kier molecular flexibility index (Phi) is 6.58. The largest absolute Gasteiger partial charge is 0.462 e. The second-order valence-corrected chi connectivity index (χ2v) is 5.69. The maximum Gasteiger partial charge on any atom is 0.426 e. The van der Waals surface area contributed by atoms with Gasteiger partial charge in [-0.2, -0.15) is 26.3 Å². The first-order chi connectivity index (χ1) is 8.76. The standard InChI is InChI=1S/C10H13F6IO3/c1-3-6(17)7(18)20-5(2)4-8(19,9(11,12)13)10(14,15)16/h5-6,19H,3-4H2,1-2H3. The molecule has 0 aliphatic rings. The number of rotatable bonds is 5. The van der Waals surface area contributed by atoms with Crippen molar-refractivity contribution in [3.63, 3.8) is 0 Å². The number of ether oxygens (including phenoxy) is 1. The van der Waals surface area contributed by atoms with Crippen molar-refractivity contribution in [1.29, 1.82) is 0 Å². The summed E-state index contributed by atoms with van der Waals surface area (Å²) in [5, 5.41) is 8.92. The maximum absolute atomic E-state index is 12.4. The Labute approximate surface area is 124 Å². The molecule has 20 heavy (non-hydrogen) atoms. The Hall–Kier alpha value is -0.260. The Morgan fingerprint density at radius 1 is 1.20 bits per heavy atom. The van der Waals surface area contributed by atoms with E-state index >= 15 is 0 Å². The lowest BCUT2D eigenvalue weighted by Crippen LogP contribution is -2.58. The molecule has 0 aromatic heterocycles. The van der Waals surface area contributed by atoms with Crippen molar-refractivity contribution in [2.45, 2.75) is 54.7 Å². The minimum atomic E-state index is -5.92. The molecule has 0 heterocycles. The fraction of sp³-hybridized carbons (Fsp3) is 0.900. The fourth-order valence-electron chi connectivity index (χ4n) is 1.29. The third kappa shape index (κ3) is 4.64. The van der Waals surface area contributed by atoms with E-state index in [9.17, 15) is 31.1 Å². The van der Waals surface area contributed by atoms with Gasteiger partial charge < -0.3 is 9.84 Å². The van der Waals surface area contributed by atoms with E-state index in [1.54, 1.807) is 29.5 Å². The average Bonchev–Trinajstić information content (AvgIpc) is 2.24. The molecule has 0 amide bonds. The predicted octanol–water partition coefficient (Wildman–Crippen LogP) is 3.38. The van der Waals surface area contributed by atoms with Crippen molar-refractivity contribution in [2.75, 3.05) is 0 Å². The molecular formula is C10H13F6IO3. The number of esters is 1. The number of halogens is 7. The zero-order valence-electron chi connectivity index (χ0n) is 10.5. The van der Waals surface area contributed by atoms with Crippen LogP contribution in [0.4, 0.5) is 26.3 Å². The predicted molar refractivity (Wildman–Crippen MR) is 65.3 cm³/mol. The van der Waals surface area contributed by atoms with Gasteiger partial charge in [0.25, 0.3) is 5.60 Å². The molecule has 0 radical (unpaired) electrons. The Morgan fingerprint density at radius 2 is 1.60 bits per heavy atom. The second kappa shape index (κ2) is 6.67. The van der Waals surface area contributed by atoms with Gasteiger partial charge in [0, 0.05) is 6.42 Å². The number of hydrogen-bond acceptors (Lipinski definition) is 3. The second-order valence-electron chi connectivity index (χ2n) is 4.18. The van der Waals surface area contributed by atoms with Crippen molar-refractivity contribution >= 4 is 28.6 Å². The van der Waals surface area contributed by atoms with E-state index in [0.29, 0.717) is 6.42 Å². The van der Waals surface area contributed by atoms with Gasteiger partial charge in [-0.05, 0) is 13.3 Å². The van der Waals surface area contributed by atoms with Gasteiger partial charge in [-0.15, -0.1) is 0 Å². The lowest BCUT2D eigenvalue weighted by molar-refractivity contribution is -0.373. The molecule has 10 heteroatoms. The summed E-state index contributed by atoms with van der Waals surface area (Å²) in [6.45, 7) is 2.46. The van der Waals surface area contributed by atoms with E-state index in [4.69, 9.17) is 5.11 Å².